The van der Waals surface area contributed by atoms with Crippen LogP contribution >= 0.6 is 15.9 Å². The van der Waals surface area contributed by atoms with Crippen molar-refractivity contribution in [2.24, 2.45) is 0 Å². The molecule has 0 unspecified atom stereocenters. The minimum absolute atomic E-state index is 0.0123. The van der Waals surface area contributed by atoms with Gasteiger partial charge in [-0.25, -0.2) is 4.39 Å². The summed E-state index contributed by atoms with van der Waals surface area (Å²) < 4.78 is 20.9. The lowest BCUT2D eigenvalue weighted by Crippen LogP contribution is -2.51. The average molecular weight is 533 g/mol. The second kappa shape index (κ2) is 12.3. The van der Waals surface area contributed by atoms with E-state index in [1.54, 1.807) is 25.1 Å². The molecule has 1 saturated carbocycles. The van der Waals surface area contributed by atoms with Gasteiger partial charge >= 0.3 is 0 Å². The number of hydrogen-bond donors (Lipinski definition) is 1. The largest absolute Gasteiger partial charge is 0.483 e. The zero-order valence-corrected chi connectivity index (χ0v) is 21.7. The van der Waals surface area contributed by atoms with Crippen LogP contribution in [-0.2, 0) is 16.1 Å². The van der Waals surface area contributed by atoms with E-state index in [2.05, 4.69) is 35.1 Å². The second-order valence-electron chi connectivity index (χ2n) is 9.27. The molecule has 7 heteroatoms. The van der Waals surface area contributed by atoms with Crippen molar-refractivity contribution < 1.29 is 18.7 Å². The van der Waals surface area contributed by atoms with Gasteiger partial charge in [0.2, 0.25) is 5.91 Å². The predicted octanol–water partition coefficient (Wildman–Crippen LogP) is 5.96. The minimum Gasteiger partial charge on any atom is -0.483 e. The number of ether oxygens (including phenoxy) is 1. The summed E-state index contributed by atoms with van der Waals surface area (Å²) in [7, 11) is 0. The molecule has 1 N–H and O–H groups in total. The first-order valence-corrected chi connectivity index (χ1v) is 12.8. The Kier molecular flexibility index (Phi) is 9.51. The highest BCUT2D eigenvalue weighted by molar-refractivity contribution is 9.10. The van der Waals surface area contributed by atoms with E-state index in [0.717, 1.165) is 35.7 Å². The maximum atomic E-state index is 14.4. The van der Waals surface area contributed by atoms with Gasteiger partial charge in [0, 0.05) is 18.2 Å². The van der Waals surface area contributed by atoms with Crippen LogP contribution < -0.4 is 10.1 Å². The molecule has 0 saturated heterocycles. The highest BCUT2D eigenvalue weighted by Gasteiger charge is 2.29. The van der Waals surface area contributed by atoms with Gasteiger partial charge in [0.25, 0.3) is 5.91 Å². The number of carbonyl (C=O) groups excluding carboxylic acids is 2. The zero-order valence-electron chi connectivity index (χ0n) is 20.2. The van der Waals surface area contributed by atoms with Crippen molar-refractivity contribution in [3.8, 4) is 5.75 Å². The summed E-state index contributed by atoms with van der Waals surface area (Å²) in [4.78, 5) is 27.7. The molecule has 0 aliphatic heterocycles. The van der Waals surface area contributed by atoms with Gasteiger partial charge in [-0.3, -0.25) is 9.59 Å². The Morgan fingerprint density at radius 3 is 2.47 bits per heavy atom. The Balaban J connectivity index is 1.73. The number of nitrogens with one attached hydrogen (secondary N) is 1. The van der Waals surface area contributed by atoms with Gasteiger partial charge in [0.15, 0.2) is 6.61 Å². The summed E-state index contributed by atoms with van der Waals surface area (Å²) in [5.41, 5.74) is 1.51. The summed E-state index contributed by atoms with van der Waals surface area (Å²) in [5.74, 6) is -0.101. The lowest BCUT2D eigenvalue weighted by molar-refractivity contribution is -0.142. The third-order valence-corrected chi connectivity index (χ3v) is 7.01. The third kappa shape index (κ3) is 7.05. The number of rotatable bonds is 9. The molecule has 184 valence electrons. The van der Waals surface area contributed by atoms with E-state index in [4.69, 9.17) is 4.74 Å². The van der Waals surface area contributed by atoms with E-state index in [-0.39, 0.29) is 31.0 Å². The van der Waals surface area contributed by atoms with Gasteiger partial charge < -0.3 is 15.0 Å². The van der Waals surface area contributed by atoms with Crippen LogP contribution in [0.2, 0.25) is 0 Å². The van der Waals surface area contributed by atoms with Crippen LogP contribution in [0.5, 0.6) is 5.75 Å². The van der Waals surface area contributed by atoms with E-state index in [1.165, 1.54) is 17.4 Å². The molecule has 1 fully saturated rings. The van der Waals surface area contributed by atoms with Crippen molar-refractivity contribution in [2.45, 2.75) is 77.4 Å². The Morgan fingerprint density at radius 1 is 1.12 bits per heavy atom. The van der Waals surface area contributed by atoms with Gasteiger partial charge in [-0.2, -0.15) is 0 Å². The fourth-order valence-electron chi connectivity index (χ4n) is 4.18. The molecule has 2 amide bonds. The number of halogens is 2. The summed E-state index contributed by atoms with van der Waals surface area (Å²) >= 11 is 3.51. The van der Waals surface area contributed by atoms with Crippen LogP contribution in [0.1, 0.15) is 69.9 Å². The molecule has 1 aliphatic carbocycles. The van der Waals surface area contributed by atoms with Gasteiger partial charge in [-0.15, -0.1) is 0 Å². The first kappa shape index (κ1) is 26.2. The van der Waals surface area contributed by atoms with Crippen LogP contribution in [0.25, 0.3) is 0 Å². The summed E-state index contributed by atoms with van der Waals surface area (Å²) in [6.45, 7) is 5.62. The van der Waals surface area contributed by atoms with Gasteiger partial charge in [0.1, 0.15) is 17.6 Å². The number of benzene rings is 2. The monoisotopic (exact) mass is 532 g/mol. The Labute approximate surface area is 210 Å². The Hall–Kier alpha value is -2.41. The maximum absolute atomic E-state index is 14.4. The van der Waals surface area contributed by atoms with E-state index < -0.39 is 11.9 Å². The molecule has 1 aliphatic rings. The maximum Gasteiger partial charge on any atom is 0.261 e. The van der Waals surface area contributed by atoms with E-state index >= 15 is 0 Å². The van der Waals surface area contributed by atoms with E-state index in [1.807, 2.05) is 18.2 Å². The van der Waals surface area contributed by atoms with E-state index in [0.29, 0.717) is 17.2 Å². The highest BCUT2D eigenvalue weighted by atomic mass is 79.9. The first-order valence-electron chi connectivity index (χ1n) is 12.0. The molecule has 1 atom stereocenters. The molecule has 5 nitrogen and oxygen atoms in total. The number of carbonyl (C=O) groups is 2. The Morgan fingerprint density at radius 2 is 1.82 bits per heavy atom. The van der Waals surface area contributed by atoms with E-state index in [9.17, 15) is 14.0 Å². The van der Waals surface area contributed by atoms with Crippen LogP contribution in [-0.4, -0.2) is 35.4 Å². The van der Waals surface area contributed by atoms with Gasteiger partial charge in [-0.1, -0.05) is 57.4 Å². The van der Waals surface area contributed by atoms with Gasteiger partial charge in [-0.05, 0) is 65.4 Å². The lowest BCUT2D eigenvalue weighted by atomic mass is 9.95. The molecule has 3 rings (SSSR count). The standard InChI is InChI=1S/C27H34BrFN2O3/c1-18(2)20-13-14-25(23(28)15-20)34-17-26(32)31(16-21-9-7-8-12-24(21)29)19(3)27(33)30-22-10-5-4-6-11-22/h7-9,12-15,18-19,22H,4-6,10-11,16-17H2,1-3H3,(H,30,33)/t19-/m1/s1. The molecule has 2 aromatic rings. The highest BCUT2D eigenvalue weighted by Crippen LogP contribution is 2.29. The molecular formula is C27H34BrFN2O3. The van der Waals surface area contributed by atoms with Crippen molar-refractivity contribution in [3.05, 3.63) is 63.9 Å². The number of nitrogens with zero attached hydrogens (tertiary/aromatic N) is 1. The van der Waals surface area contributed by atoms with Crippen molar-refractivity contribution in [1.82, 2.24) is 10.2 Å². The third-order valence-electron chi connectivity index (χ3n) is 6.39. The molecule has 2 aromatic carbocycles. The molecule has 34 heavy (non-hydrogen) atoms. The van der Waals surface area contributed by atoms with Crippen molar-refractivity contribution in [2.75, 3.05) is 6.61 Å². The van der Waals surface area contributed by atoms with Crippen molar-refractivity contribution >= 4 is 27.7 Å². The molecule has 0 heterocycles. The fraction of sp³-hybridized carbons (Fsp3) is 0.481. The topological polar surface area (TPSA) is 58.6 Å². The van der Waals surface area contributed by atoms with Crippen molar-refractivity contribution in [1.29, 1.82) is 0 Å². The SMILES string of the molecule is CC(C)c1ccc(OCC(=O)N(Cc2ccccc2F)[C@H](C)C(=O)NC2CCCCC2)c(Br)c1. The molecule has 0 bridgehead atoms. The van der Waals surface area contributed by atoms with Crippen LogP contribution in [0, 0.1) is 5.82 Å². The molecule has 0 spiro atoms. The molecule has 0 aromatic heterocycles. The molecular weight excluding hydrogens is 499 g/mol. The van der Waals surface area contributed by atoms with Crippen LogP contribution in [0.3, 0.4) is 0 Å². The predicted molar refractivity (Wildman–Crippen MR) is 135 cm³/mol. The fourth-order valence-corrected chi connectivity index (χ4v) is 4.69. The summed E-state index contributed by atoms with van der Waals surface area (Å²) in [5, 5.41) is 3.08. The Bertz CT molecular complexity index is 992. The number of hydrogen-bond acceptors (Lipinski definition) is 3. The van der Waals surface area contributed by atoms with Crippen molar-refractivity contribution in [3.63, 3.8) is 0 Å². The normalized spacial score (nSPS) is 15.1. The van der Waals surface area contributed by atoms with Gasteiger partial charge in [0.05, 0.1) is 4.47 Å². The van der Waals surface area contributed by atoms with Crippen LogP contribution in [0.15, 0.2) is 46.9 Å². The minimum atomic E-state index is -0.760. The first-order chi connectivity index (χ1) is 16.3. The average Bonchev–Trinajstić information content (AvgIpc) is 2.82. The van der Waals surface area contributed by atoms with Crippen LogP contribution in [0.4, 0.5) is 4.39 Å². The second-order valence-corrected chi connectivity index (χ2v) is 10.1. The zero-order chi connectivity index (χ0) is 24.7. The molecule has 0 radical (unpaired) electrons. The summed E-state index contributed by atoms with van der Waals surface area (Å²) in [6, 6.07) is 11.4. The number of amides is 2. The summed E-state index contributed by atoms with van der Waals surface area (Å²) in [6.07, 6.45) is 5.27. The lowest BCUT2D eigenvalue weighted by Gasteiger charge is -2.31. The smallest absolute Gasteiger partial charge is 0.261 e. The quantitative estimate of drug-likeness (QED) is 0.433.